The molecule has 30 heavy (non-hydrogen) atoms. The van der Waals surface area contributed by atoms with Crippen molar-refractivity contribution in [1.82, 2.24) is 20.4 Å². The van der Waals surface area contributed by atoms with Crippen LogP contribution in [0, 0.1) is 5.82 Å². The highest BCUT2D eigenvalue weighted by molar-refractivity contribution is 5.80. The number of aliphatic imine (C=N–C) groups is 1. The Hall–Kier alpha value is -1.70. The van der Waals surface area contributed by atoms with Crippen LogP contribution >= 0.6 is 0 Å². The molecule has 2 unspecified atom stereocenters. The summed E-state index contributed by atoms with van der Waals surface area (Å²) in [6, 6.07) is 8.13. The van der Waals surface area contributed by atoms with E-state index in [4.69, 9.17) is 9.73 Å². The summed E-state index contributed by atoms with van der Waals surface area (Å²) in [5, 5.41) is 7.04. The van der Waals surface area contributed by atoms with E-state index in [9.17, 15) is 4.39 Å². The van der Waals surface area contributed by atoms with E-state index in [0.717, 1.165) is 71.3 Å². The molecule has 6 nitrogen and oxygen atoms in total. The van der Waals surface area contributed by atoms with E-state index in [2.05, 4.69) is 41.2 Å². The summed E-state index contributed by atoms with van der Waals surface area (Å²) in [5.41, 5.74) is 1.17. The fourth-order valence-corrected chi connectivity index (χ4v) is 4.32. The Morgan fingerprint density at radius 3 is 2.63 bits per heavy atom. The number of morpholine rings is 1. The van der Waals surface area contributed by atoms with Gasteiger partial charge in [-0.3, -0.25) is 14.8 Å². The highest BCUT2D eigenvalue weighted by Gasteiger charge is 2.24. The van der Waals surface area contributed by atoms with Crippen molar-refractivity contribution < 1.29 is 9.13 Å². The molecule has 2 heterocycles. The van der Waals surface area contributed by atoms with Crippen molar-refractivity contribution >= 4 is 5.96 Å². The summed E-state index contributed by atoms with van der Waals surface area (Å²) in [6.07, 6.45) is 2.17. The molecular formula is C23H38FN5O. The summed E-state index contributed by atoms with van der Waals surface area (Å²) >= 11 is 0. The number of piperidine rings is 1. The number of guanidine groups is 1. The van der Waals surface area contributed by atoms with Crippen LogP contribution in [-0.2, 0) is 11.3 Å². The normalized spacial score (nSPS) is 23.3. The summed E-state index contributed by atoms with van der Waals surface area (Å²) in [7, 11) is 0. The number of likely N-dealkylation sites (tertiary alicyclic amines) is 1. The zero-order valence-electron chi connectivity index (χ0n) is 18.7. The van der Waals surface area contributed by atoms with Crippen molar-refractivity contribution in [3.8, 4) is 0 Å². The number of ether oxygens (including phenoxy) is 1. The van der Waals surface area contributed by atoms with Crippen molar-refractivity contribution in [3.63, 3.8) is 0 Å². The van der Waals surface area contributed by atoms with Gasteiger partial charge in [0.25, 0.3) is 0 Å². The molecule has 0 radical (unpaired) electrons. The van der Waals surface area contributed by atoms with Gasteiger partial charge in [0, 0.05) is 50.8 Å². The first kappa shape index (κ1) is 23.0. The number of nitrogens with zero attached hydrogens (tertiary/aromatic N) is 3. The van der Waals surface area contributed by atoms with E-state index in [-0.39, 0.29) is 5.82 Å². The number of rotatable bonds is 7. The Morgan fingerprint density at radius 1 is 1.23 bits per heavy atom. The smallest absolute Gasteiger partial charge is 0.191 e. The highest BCUT2D eigenvalue weighted by atomic mass is 19.1. The molecule has 2 atom stereocenters. The van der Waals surface area contributed by atoms with Crippen molar-refractivity contribution in [1.29, 1.82) is 0 Å². The fraction of sp³-hybridized carbons (Fsp3) is 0.696. The van der Waals surface area contributed by atoms with Gasteiger partial charge in [0.15, 0.2) is 5.96 Å². The average molecular weight is 420 g/mol. The summed E-state index contributed by atoms with van der Waals surface area (Å²) in [6.45, 7) is 13.8. The van der Waals surface area contributed by atoms with Crippen molar-refractivity contribution in [2.24, 2.45) is 4.99 Å². The molecule has 0 aromatic heterocycles. The minimum atomic E-state index is -0.172. The van der Waals surface area contributed by atoms with Crippen LogP contribution in [0.25, 0.3) is 0 Å². The van der Waals surface area contributed by atoms with Crippen LogP contribution in [-0.4, -0.2) is 79.8 Å². The van der Waals surface area contributed by atoms with E-state index in [1.807, 2.05) is 12.1 Å². The van der Waals surface area contributed by atoms with Gasteiger partial charge in [-0.15, -0.1) is 0 Å². The predicted octanol–water partition coefficient (Wildman–Crippen LogP) is 2.45. The van der Waals surface area contributed by atoms with E-state index in [0.29, 0.717) is 18.1 Å². The van der Waals surface area contributed by atoms with Crippen LogP contribution in [0.5, 0.6) is 0 Å². The predicted molar refractivity (Wildman–Crippen MR) is 120 cm³/mol. The Labute approximate surface area is 180 Å². The third kappa shape index (κ3) is 6.93. The molecule has 0 amide bonds. The molecule has 7 heteroatoms. The van der Waals surface area contributed by atoms with Crippen LogP contribution in [0.2, 0.25) is 0 Å². The SMILES string of the molecule is CCNC(=NCC(C)N1CCOCC1C)NC1CCN(Cc2ccc(F)cc2)CC1. The largest absolute Gasteiger partial charge is 0.379 e. The molecule has 1 aromatic carbocycles. The van der Waals surface area contributed by atoms with Crippen molar-refractivity contribution in [2.45, 2.75) is 58.3 Å². The van der Waals surface area contributed by atoms with Gasteiger partial charge in [0.05, 0.1) is 19.8 Å². The zero-order valence-corrected chi connectivity index (χ0v) is 18.7. The topological polar surface area (TPSA) is 52.1 Å². The first-order chi connectivity index (χ1) is 14.5. The van der Waals surface area contributed by atoms with Crippen LogP contribution in [0.3, 0.4) is 0 Å². The molecular weight excluding hydrogens is 381 g/mol. The lowest BCUT2D eigenvalue weighted by molar-refractivity contribution is -0.0165. The second kappa shape index (κ2) is 11.6. The van der Waals surface area contributed by atoms with E-state index < -0.39 is 0 Å². The number of hydrogen-bond acceptors (Lipinski definition) is 4. The van der Waals surface area contributed by atoms with Gasteiger partial charge >= 0.3 is 0 Å². The lowest BCUT2D eigenvalue weighted by Crippen LogP contribution is -2.51. The van der Waals surface area contributed by atoms with Gasteiger partial charge < -0.3 is 15.4 Å². The lowest BCUT2D eigenvalue weighted by Gasteiger charge is -2.37. The summed E-state index contributed by atoms with van der Waals surface area (Å²) in [4.78, 5) is 9.81. The van der Waals surface area contributed by atoms with Crippen LogP contribution in [0.15, 0.2) is 29.3 Å². The second-order valence-electron chi connectivity index (χ2n) is 8.55. The number of hydrogen-bond donors (Lipinski definition) is 2. The second-order valence-corrected chi connectivity index (χ2v) is 8.55. The van der Waals surface area contributed by atoms with Gasteiger partial charge in [0.2, 0.25) is 0 Å². The highest BCUT2D eigenvalue weighted by Crippen LogP contribution is 2.15. The summed E-state index contributed by atoms with van der Waals surface area (Å²) in [5.74, 6) is 0.747. The minimum Gasteiger partial charge on any atom is -0.379 e. The first-order valence-electron chi connectivity index (χ1n) is 11.4. The molecule has 3 rings (SSSR count). The molecule has 0 saturated carbocycles. The van der Waals surface area contributed by atoms with Crippen LogP contribution < -0.4 is 10.6 Å². The number of benzene rings is 1. The quantitative estimate of drug-likeness (QED) is 0.525. The van der Waals surface area contributed by atoms with Gasteiger partial charge in [-0.25, -0.2) is 4.39 Å². The lowest BCUT2D eigenvalue weighted by atomic mass is 10.0. The molecule has 2 N–H and O–H groups in total. The van der Waals surface area contributed by atoms with Gasteiger partial charge in [-0.2, -0.15) is 0 Å². The van der Waals surface area contributed by atoms with Crippen molar-refractivity contribution in [2.75, 3.05) is 45.9 Å². The van der Waals surface area contributed by atoms with Crippen molar-refractivity contribution in [3.05, 3.63) is 35.6 Å². The molecule has 0 aliphatic carbocycles. The van der Waals surface area contributed by atoms with Crippen LogP contribution in [0.1, 0.15) is 39.2 Å². The van der Waals surface area contributed by atoms with Gasteiger partial charge in [-0.1, -0.05) is 12.1 Å². The third-order valence-corrected chi connectivity index (χ3v) is 6.09. The monoisotopic (exact) mass is 419 g/mol. The molecule has 2 aliphatic heterocycles. The molecule has 168 valence electrons. The number of halogens is 1. The van der Waals surface area contributed by atoms with Gasteiger partial charge in [-0.05, 0) is 51.3 Å². The van der Waals surface area contributed by atoms with Gasteiger partial charge in [0.1, 0.15) is 5.82 Å². The molecule has 0 spiro atoms. The summed E-state index contributed by atoms with van der Waals surface area (Å²) < 4.78 is 18.6. The Bertz CT molecular complexity index is 660. The molecule has 2 saturated heterocycles. The fourth-order valence-electron chi connectivity index (χ4n) is 4.32. The van der Waals surface area contributed by atoms with E-state index >= 15 is 0 Å². The Morgan fingerprint density at radius 2 is 1.97 bits per heavy atom. The number of nitrogens with one attached hydrogen (secondary N) is 2. The first-order valence-corrected chi connectivity index (χ1v) is 11.4. The maximum absolute atomic E-state index is 13.1. The molecule has 2 aliphatic rings. The maximum atomic E-state index is 13.1. The zero-order chi connectivity index (χ0) is 21.3. The van der Waals surface area contributed by atoms with E-state index in [1.165, 1.54) is 5.56 Å². The third-order valence-electron chi connectivity index (χ3n) is 6.09. The van der Waals surface area contributed by atoms with E-state index in [1.54, 1.807) is 12.1 Å². The average Bonchev–Trinajstić information content (AvgIpc) is 2.75. The Kier molecular flexibility index (Phi) is 8.90. The standard InChI is InChI=1S/C23H38FN5O/c1-4-25-23(26-15-18(2)29-13-14-30-17-19(29)3)27-22-9-11-28(12-10-22)16-20-5-7-21(24)8-6-20/h5-8,18-19,22H,4,9-17H2,1-3H3,(H2,25,26,27). The Balaban J connectivity index is 1.45. The molecule has 1 aromatic rings. The molecule has 2 fully saturated rings. The minimum absolute atomic E-state index is 0.172. The van der Waals surface area contributed by atoms with Crippen LogP contribution in [0.4, 0.5) is 4.39 Å². The molecule has 0 bridgehead atoms. The maximum Gasteiger partial charge on any atom is 0.191 e.